The van der Waals surface area contributed by atoms with Crippen LogP contribution >= 0.6 is 15.9 Å². The second kappa shape index (κ2) is 7.31. The van der Waals surface area contributed by atoms with Crippen molar-refractivity contribution >= 4 is 32.7 Å². The van der Waals surface area contributed by atoms with Gasteiger partial charge in [0.25, 0.3) is 0 Å². The van der Waals surface area contributed by atoms with Crippen molar-refractivity contribution in [2.45, 2.75) is 13.1 Å². The molecule has 1 heterocycles. The van der Waals surface area contributed by atoms with E-state index in [0.29, 0.717) is 16.6 Å². The molecule has 0 unspecified atom stereocenters. The lowest BCUT2D eigenvalue weighted by Crippen LogP contribution is -3.00. The summed E-state index contributed by atoms with van der Waals surface area (Å²) in [5.74, 6) is -0.130. The van der Waals surface area contributed by atoms with Crippen molar-refractivity contribution in [3.8, 4) is 0 Å². The zero-order valence-corrected chi connectivity index (χ0v) is 15.0. The lowest BCUT2D eigenvalue weighted by Gasteiger charge is -1.99. The quantitative estimate of drug-likeness (QED) is 0.434. The number of Topliss-reactive ketones (excluding diaryl/α,β-unsaturated/α-hetero) is 1. The van der Waals surface area contributed by atoms with Crippen molar-refractivity contribution in [3.63, 3.8) is 0 Å². The van der Waals surface area contributed by atoms with E-state index in [0.717, 1.165) is 9.04 Å². The van der Waals surface area contributed by atoms with Gasteiger partial charge in [-0.05, 0) is 24.3 Å². The number of fused-ring (bicyclic) bond motifs is 1. The number of halogens is 4. The van der Waals surface area contributed by atoms with E-state index in [9.17, 15) is 13.6 Å². The molecule has 3 nitrogen and oxygen atoms in total. The Bertz CT molecular complexity index is 832. The van der Waals surface area contributed by atoms with Crippen LogP contribution in [0.3, 0.4) is 0 Å². The minimum Gasteiger partial charge on any atom is -1.00 e. The molecule has 0 N–H and O–H groups in total. The summed E-state index contributed by atoms with van der Waals surface area (Å²) in [6.45, 7) is -2.63. The van der Waals surface area contributed by atoms with Gasteiger partial charge in [-0.15, -0.1) is 0 Å². The van der Waals surface area contributed by atoms with Gasteiger partial charge in [0.2, 0.25) is 12.1 Å². The largest absolute Gasteiger partial charge is 1.00 e. The smallest absolute Gasteiger partial charge is 0.387 e. The predicted octanol–water partition coefficient (Wildman–Crippen LogP) is 0.973. The Hall–Kier alpha value is -1.60. The minimum absolute atomic E-state index is 0. The number of aromatic nitrogens is 2. The van der Waals surface area contributed by atoms with Crippen LogP contribution < -0.4 is 21.5 Å². The molecule has 0 amide bonds. The molecule has 0 bridgehead atoms. The van der Waals surface area contributed by atoms with E-state index in [1.807, 2.05) is 0 Å². The number of carbonyl (C=O) groups excluding carboxylic acids is 1. The number of benzene rings is 2. The van der Waals surface area contributed by atoms with Gasteiger partial charge in [0, 0.05) is 10.0 Å². The van der Waals surface area contributed by atoms with Crippen LogP contribution in [-0.4, -0.2) is 10.4 Å². The van der Waals surface area contributed by atoms with Crippen LogP contribution in [0.4, 0.5) is 8.78 Å². The number of rotatable bonds is 4. The van der Waals surface area contributed by atoms with Gasteiger partial charge in [-0.3, -0.25) is 4.79 Å². The van der Waals surface area contributed by atoms with Crippen molar-refractivity contribution in [3.05, 3.63) is 64.9 Å². The van der Waals surface area contributed by atoms with Crippen LogP contribution in [0, 0.1) is 0 Å². The van der Waals surface area contributed by atoms with Crippen molar-refractivity contribution in [1.82, 2.24) is 4.57 Å². The van der Waals surface area contributed by atoms with Crippen LogP contribution in [-0.2, 0) is 6.54 Å². The maximum absolute atomic E-state index is 13.1. The topological polar surface area (TPSA) is 25.9 Å². The molecule has 0 saturated carbocycles. The molecule has 0 aliphatic heterocycles. The molecule has 0 atom stereocenters. The molecule has 0 saturated heterocycles. The van der Waals surface area contributed by atoms with Crippen molar-refractivity contribution < 1.29 is 35.1 Å². The third-order valence-corrected chi connectivity index (χ3v) is 3.95. The van der Waals surface area contributed by atoms with E-state index in [1.54, 1.807) is 53.1 Å². The first-order valence-corrected chi connectivity index (χ1v) is 7.41. The summed E-state index contributed by atoms with van der Waals surface area (Å²) >= 11 is 3.31. The highest BCUT2D eigenvalue weighted by molar-refractivity contribution is 9.10. The number of imidazole rings is 1. The second-order valence-corrected chi connectivity index (χ2v) is 5.76. The molecule has 7 heteroatoms. The van der Waals surface area contributed by atoms with E-state index in [-0.39, 0.29) is 29.3 Å². The van der Waals surface area contributed by atoms with Crippen LogP contribution in [0.2, 0.25) is 0 Å². The zero-order valence-electron chi connectivity index (χ0n) is 11.8. The Morgan fingerprint density at radius 2 is 1.78 bits per heavy atom. The average Bonchev–Trinajstić information content (AvgIpc) is 2.87. The number of hydrogen-bond donors (Lipinski definition) is 0. The van der Waals surface area contributed by atoms with Gasteiger partial charge in [-0.2, -0.15) is 13.3 Å². The Morgan fingerprint density at radius 1 is 1.13 bits per heavy atom. The second-order valence-electron chi connectivity index (χ2n) is 4.85. The molecule has 1 aromatic heterocycles. The minimum atomic E-state index is -2.64. The highest BCUT2D eigenvalue weighted by atomic mass is 79.9. The summed E-state index contributed by atoms with van der Waals surface area (Å²) in [5, 5.41) is 0. The van der Waals surface area contributed by atoms with Gasteiger partial charge in [-0.25, -0.2) is 4.57 Å². The number of alkyl halides is 2. The molecule has 0 aliphatic rings. The highest BCUT2D eigenvalue weighted by Gasteiger charge is 2.23. The molecule has 3 aromatic rings. The summed E-state index contributed by atoms with van der Waals surface area (Å²) in [4.78, 5) is 12.3. The Balaban J connectivity index is 0.00000192. The van der Waals surface area contributed by atoms with Crippen molar-refractivity contribution in [1.29, 1.82) is 0 Å². The molecule has 0 spiro atoms. The number of ketones is 1. The third-order valence-electron chi connectivity index (χ3n) is 3.42. The number of hydrogen-bond acceptors (Lipinski definition) is 1. The monoisotopic (exact) mass is 444 g/mol. The Labute approximate surface area is 150 Å². The number of para-hydroxylation sites is 2. The molecule has 23 heavy (non-hydrogen) atoms. The molecule has 0 fully saturated rings. The predicted molar refractivity (Wildman–Crippen MR) is 81.9 cm³/mol. The summed E-state index contributed by atoms with van der Waals surface area (Å²) in [7, 11) is 0. The van der Waals surface area contributed by atoms with Crippen molar-refractivity contribution in [2.75, 3.05) is 0 Å². The number of carbonyl (C=O) groups is 1. The lowest BCUT2D eigenvalue weighted by atomic mass is 10.1. The Kier molecular flexibility index (Phi) is 5.64. The molecule has 3 rings (SSSR count). The number of nitrogens with zero attached hydrogens (tertiary/aromatic N) is 2. The van der Waals surface area contributed by atoms with Gasteiger partial charge in [0.15, 0.2) is 17.6 Å². The van der Waals surface area contributed by atoms with Crippen LogP contribution in [0.15, 0.2) is 59.3 Å². The molecule has 120 valence electrons. The maximum Gasteiger partial charge on any atom is 0.387 e. The first kappa shape index (κ1) is 17.7. The molecule has 0 radical (unpaired) electrons. The van der Waals surface area contributed by atoms with E-state index in [4.69, 9.17) is 0 Å². The van der Waals surface area contributed by atoms with Crippen molar-refractivity contribution in [2.24, 2.45) is 0 Å². The van der Waals surface area contributed by atoms with Gasteiger partial charge in [0.05, 0.1) is 0 Å². The summed E-state index contributed by atoms with van der Waals surface area (Å²) < 4.78 is 29.4. The summed E-state index contributed by atoms with van der Waals surface area (Å²) in [6, 6.07) is 13.8. The lowest BCUT2D eigenvalue weighted by molar-refractivity contribution is -0.658. The fourth-order valence-electron chi connectivity index (χ4n) is 2.36. The van der Waals surface area contributed by atoms with Gasteiger partial charge >= 0.3 is 6.55 Å². The summed E-state index contributed by atoms with van der Waals surface area (Å²) in [6.07, 6.45) is 1.28. The van der Waals surface area contributed by atoms with Gasteiger partial charge in [-0.1, -0.05) is 40.2 Å². The van der Waals surface area contributed by atoms with E-state index < -0.39 is 6.55 Å². The third kappa shape index (κ3) is 3.67. The van der Waals surface area contributed by atoms with Crippen LogP contribution in [0.5, 0.6) is 0 Å². The normalized spacial score (nSPS) is 10.8. The van der Waals surface area contributed by atoms with Crippen LogP contribution in [0.1, 0.15) is 16.9 Å². The zero-order chi connectivity index (χ0) is 15.7. The Morgan fingerprint density at radius 3 is 2.43 bits per heavy atom. The molecular weight excluding hydrogens is 434 g/mol. The molecule has 2 aromatic carbocycles. The average molecular weight is 446 g/mol. The van der Waals surface area contributed by atoms with Crippen LogP contribution in [0.25, 0.3) is 11.0 Å². The fraction of sp³-hybridized carbons (Fsp3) is 0.125. The fourth-order valence-corrected chi connectivity index (χ4v) is 2.63. The van der Waals surface area contributed by atoms with Gasteiger partial charge < -0.3 is 17.0 Å². The van der Waals surface area contributed by atoms with E-state index in [1.165, 1.54) is 6.33 Å². The SMILES string of the molecule is O=C(C[n+]1cn(C(F)F)c2ccccc21)c1ccc(Br)cc1.[Br-]. The first-order valence-electron chi connectivity index (χ1n) is 6.62. The molecule has 0 aliphatic carbocycles. The summed E-state index contributed by atoms with van der Waals surface area (Å²) in [5.41, 5.74) is 1.55. The molecular formula is C16H12Br2F2N2O. The van der Waals surface area contributed by atoms with E-state index >= 15 is 0 Å². The maximum atomic E-state index is 13.1. The van der Waals surface area contributed by atoms with E-state index in [2.05, 4.69) is 15.9 Å². The van der Waals surface area contributed by atoms with Gasteiger partial charge in [0.1, 0.15) is 0 Å². The highest BCUT2D eigenvalue weighted by Crippen LogP contribution is 2.18. The first-order chi connectivity index (χ1) is 10.6. The standard InChI is InChI=1S/C16H12BrF2N2O.BrH/c17-12-7-5-11(6-8-12)15(22)9-20-10-21(16(18)19)14-4-2-1-3-13(14)20;/h1-8,10,16H,9H2;1H/q+1;/p-1.